The largest absolute Gasteiger partial charge is 0.506 e. The molecular weight excluding hydrogens is 280 g/mol. The molecule has 3 rings (SSSR count). The summed E-state index contributed by atoms with van der Waals surface area (Å²) in [7, 11) is 0. The Kier molecular flexibility index (Phi) is 2.79. The van der Waals surface area contributed by atoms with Gasteiger partial charge >= 0.3 is 0 Å². The number of nitrogens with one attached hydrogen (secondary N) is 1. The van der Waals surface area contributed by atoms with Gasteiger partial charge in [0, 0.05) is 16.5 Å². The van der Waals surface area contributed by atoms with Gasteiger partial charge in [-0.3, -0.25) is 4.79 Å². The molecular formula is C14H11ClN2O3. The van der Waals surface area contributed by atoms with E-state index in [9.17, 15) is 9.90 Å². The van der Waals surface area contributed by atoms with Crippen molar-refractivity contribution in [3.63, 3.8) is 0 Å². The van der Waals surface area contributed by atoms with Gasteiger partial charge < -0.3 is 14.6 Å². The number of aromatic nitrogens is 2. The predicted octanol–water partition coefficient (Wildman–Crippen LogP) is 3.16. The number of halogens is 1. The second kappa shape index (κ2) is 4.38. The number of H-pyrrole nitrogens is 1. The molecule has 102 valence electrons. The average Bonchev–Trinajstić information content (AvgIpc) is 2.79. The van der Waals surface area contributed by atoms with E-state index >= 15 is 0 Å². The van der Waals surface area contributed by atoms with E-state index in [-0.39, 0.29) is 17.1 Å². The molecule has 6 heteroatoms. The molecule has 20 heavy (non-hydrogen) atoms. The summed E-state index contributed by atoms with van der Waals surface area (Å²) in [6.07, 6.45) is 0. The number of rotatable bonds is 1. The number of aryl methyl sites for hydroxylation is 2. The van der Waals surface area contributed by atoms with E-state index in [2.05, 4.69) is 10.1 Å². The lowest BCUT2D eigenvalue weighted by Gasteiger charge is -2.07. The molecule has 0 aliphatic heterocycles. The highest BCUT2D eigenvalue weighted by Crippen LogP contribution is 2.34. The number of hydrogen-bond acceptors (Lipinski definition) is 4. The van der Waals surface area contributed by atoms with E-state index in [1.165, 1.54) is 0 Å². The van der Waals surface area contributed by atoms with Crippen molar-refractivity contribution in [1.29, 1.82) is 0 Å². The lowest BCUT2D eigenvalue weighted by atomic mass is 10.1. The molecule has 2 N–H and O–H groups in total. The quantitative estimate of drug-likeness (QED) is 0.721. The van der Waals surface area contributed by atoms with Gasteiger partial charge in [0.25, 0.3) is 5.56 Å². The lowest BCUT2D eigenvalue weighted by molar-refractivity contribution is 0.421. The van der Waals surface area contributed by atoms with Gasteiger partial charge in [0.2, 0.25) is 0 Å². The molecule has 0 fully saturated rings. The van der Waals surface area contributed by atoms with Crippen LogP contribution in [0.2, 0.25) is 5.02 Å². The van der Waals surface area contributed by atoms with Crippen LogP contribution in [-0.2, 0) is 0 Å². The van der Waals surface area contributed by atoms with Gasteiger partial charge in [-0.1, -0.05) is 16.8 Å². The Morgan fingerprint density at radius 2 is 2.05 bits per heavy atom. The van der Waals surface area contributed by atoms with Crippen LogP contribution in [0.15, 0.2) is 27.5 Å². The summed E-state index contributed by atoms with van der Waals surface area (Å²) in [6, 6.07) is 4.93. The number of aromatic amines is 1. The van der Waals surface area contributed by atoms with Gasteiger partial charge in [-0.2, -0.15) is 0 Å². The van der Waals surface area contributed by atoms with Gasteiger partial charge in [-0.05, 0) is 31.5 Å². The Morgan fingerprint density at radius 3 is 2.70 bits per heavy atom. The summed E-state index contributed by atoms with van der Waals surface area (Å²) in [4.78, 5) is 14.8. The summed E-state index contributed by atoms with van der Waals surface area (Å²) < 4.78 is 5.06. The molecule has 0 spiro atoms. The van der Waals surface area contributed by atoms with Crippen molar-refractivity contribution in [2.24, 2.45) is 0 Å². The van der Waals surface area contributed by atoms with Gasteiger partial charge in [0.1, 0.15) is 11.3 Å². The minimum atomic E-state index is -0.453. The molecule has 5 nitrogen and oxygen atoms in total. The van der Waals surface area contributed by atoms with Gasteiger partial charge in [0.05, 0.1) is 11.2 Å². The van der Waals surface area contributed by atoms with E-state index in [0.29, 0.717) is 21.6 Å². The van der Waals surface area contributed by atoms with Crippen LogP contribution in [0.3, 0.4) is 0 Å². The minimum absolute atomic E-state index is 0.0693. The number of hydrogen-bond donors (Lipinski definition) is 2. The number of fused-ring (bicyclic) bond motifs is 1. The Balaban J connectivity index is 2.40. The molecule has 0 aliphatic carbocycles. The lowest BCUT2D eigenvalue weighted by Crippen LogP contribution is -2.09. The third-order valence-corrected chi connectivity index (χ3v) is 3.55. The van der Waals surface area contributed by atoms with E-state index in [1.54, 1.807) is 25.1 Å². The maximum absolute atomic E-state index is 12.1. The zero-order valence-electron chi connectivity index (χ0n) is 10.8. The monoisotopic (exact) mass is 290 g/mol. The predicted molar refractivity (Wildman–Crippen MR) is 76.2 cm³/mol. The molecule has 2 aromatic heterocycles. The number of benzene rings is 1. The van der Waals surface area contributed by atoms with E-state index in [0.717, 1.165) is 5.56 Å². The topological polar surface area (TPSA) is 79.1 Å². The second-order valence-electron chi connectivity index (χ2n) is 4.66. The second-order valence-corrected chi connectivity index (χ2v) is 5.06. The van der Waals surface area contributed by atoms with Crippen LogP contribution < -0.4 is 5.56 Å². The zero-order chi connectivity index (χ0) is 14.4. The van der Waals surface area contributed by atoms with E-state index < -0.39 is 5.56 Å². The Morgan fingerprint density at radius 1 is 1.30 bits per heavy atom. The van der Waals surface area contributed by atoms with Gasteiger partial charge in [-0.15, -0.1) is 0 Å². The van der Waals surface area contributed by atoms with Crippen molar-refractivity contribution >= 4 is 22.5 Å². The van der Waals surface area contributed by atoms with Crippen molar-refractivity contribution in [3.8, 4) is 17.1 Å². The van der Waals surface area contributed by atoms with Crippen molar-refractivity contribution in [1.82, 2.24) is 10.1 Å². The SMILES string of the molecule is Cc1cc(-c2c(O)c3cc(C)c(Cl)cc3[nH]c2=O)on1. The van der Waals surface area contributed by atoms with Crippen LogP contribution in [0.4, 0.5) is 0 Å². The van der Waals surface area contributed by atoms with E-state index in [1.807, 2.05) is 6.92 Å². The molecule has 0 amide bonds. The number of pyridine rings is 1. The molecule has 0 saturated carbocycles. The first kappa shape index (κ1) is 12.7. The first-order valence-corrected chi connectivity index (χ1v) is 6.34. The maximum atomic E-state index is 12.1. The first-order valence-electron chi connectivity index (χ1n) is 5.96. The molecule has 0 unspecified atom stereocenters. The minimum Gasteiger partial charge on any atom is -0.506 e. The fourth-order valence-electron chi connectivity index (χ4n) is 2.12. The van der Waals surface area contributed by atoms with Crippen molar-refractivity contribution in [2.75, 3.05) is 0 Å². The maximum Gasteiger partial charge on any atom is 0.263 e. The summed E-state index contributed by atoms with van der Waals surface area (Å²) in [5, 5.41) is 15.1. The molecule has 0 radical (unpaired) electrons. The molecule has 3 aromatic rings. The van der Waals surface area contributed by atoms with Crippen LogP contribution >= 0.6 is 11.6 Å². The van der Waals surface area contributed by atoms with Crippen LogP contribution in [-0.4, -0.2) is 15.2 Å². The summed E-state index contributed by atoms with van der Waals surface area (Å²) >= 11 is 6.02. The Bertz CT molecular complexity index is 880. The Labute approximate surface area is 118 Å². The van der Waals surface area contributed by atoms with Crippen molar-refractivity contribution < 1.29 is 9.63 Å². The fraction of sp³-hybridized carbons (Fsp3) is 0.143. The van der Waals surface area contributed by atoms with Crippen molar-refractivity contribution in [3.05, 3.63) is 44.8 Å². The van der Waals surface area contributed by atoms with Crippen LogP contribution in [0.5, 0.6) is 5.75 Å². The van der Waals surface area contributed by atoms with E-state index in [4.69, 9.17) is 16.1 Å². The first-order chi connectivity index (χ1) is 9.47. The molecule has 0 saturated heterocycles. The smallest absolute Gasteiger partial charge is 0.263 e. The molecule has 1 aromatic carbocycles. The molecule has 0 aliphatic rings. The summed E-state index contributed by atoms with van der Waals surface area (Å²) in [6.45, 7) is 3.56. The van der Waals surface area contributed by atoms with Gasteiger partial charge in [-0.25, -0.2) is 0 Å². The molecule has 2 heterocycles. The molecule has 0 bridgehead atoms. The summed E-state index contributed by atoms with van der Waals surface area (Å²) in [5.74, 6) is 0.0930. The summed E-state index contributed by atoms with van der Waals surface area (Å²) in [5.41, 5.74) is 1.53. The third-order valence-electron chi connectivity index (χ3n) is 3.14. The fourth-order valence-corrected chi connectivity index (χ4v) is 2.28. The van der Waals surface area contributed by atoms with Crippen molar-refractivity contribution in [2.45, 2.75) is 13.8 Å². The van der Waals surface area contributed by atoms with Crippen LogP contribution in [0.1, 0.15) is 11.3 Å². The van der Waals surface area contributed by atoms with Crippen LogP contribution in [0, 0.1) is 13.8 Å². The number of aromatic hydroxyl groups is 1. The van der Waals surface area contributed by atoms with Crippen LogP contribution in [0.25, 0.3) is 22.2 Å². The highest BCUT2D eigenvalue weighted by molar-refractivity contribution is 6.32. The number of nitrogens with zero attached hydrogens (tertiary/aromatic N) is 1. The highest BCUT2D eigenvalue weighted by atomic mass is 35.5. The standard InChI is InChI=1S/C14H11ClN2O3/c1-6-3-8-10(5-9(6)15)16-14(19)12(13(8)18)11-4-7(2)17-20-11/h3-5H,1-2H3,(H2,16,18,19). The average molecular weight is 291 g/mol. The normalized spacial score (nSPS) is 11.2. The highest BCUT2D eigenvalue weighted by Gasteiger charge is 2.18. The zero-order valence-corrected chi connectivity index (χ0v) is 11.6. The van der Waals surface area contributed by atoms with Gasteiger partial charge in [0.15, 0.2) is 5.76 Å². The Hall–Kier alpha value is -2.27. The molecule has 0 atom stereocenters. The third kappa shape index (κ3) is 1.87.